The van der Waals surface area contributed by atoms with Crippen molar-refractivity contribution in [2.24, 2.45) is 5.92 Å². The van der Waals surface area contributed by atoms with Crippen molar-refractivity contribution in [3.05, 3.63) is 30.1 Å². The van der Waals surface area contributed by atoms with Gasteiger partial charge < -0.3 is 10.1 Å². The number of hydrogen-bond donors (Lipinski definition) is 1. The van der Waals surface area contributed by atoms with E-state index in [0.717, 1.165) is 23.6 Å². The van der Waals surface area contributed by atoms with Crippen molar-refractivity contribution in [2.45, 2.75) is 27.2 Å². The number of ether oxygens (including phenoxy) is 1. The third kappa shape index (κ3) is 3.29. The van der Waals surface area contributed by atoms with Crippen LogP contribution in [0.4, 0.5) is 5.82 Å². The summed E-state index contributed by atoms with van der Waals surface area (Å²) < 4.78 is 6.91. The zero-order valence-electron chi connectivity index (χ0n) is 12.2. The smallest absolute Gasteiger partial charge is 0.325 e. The maximum atomic E-state index is 11.5. The first kappa shape index (κ1) is 14.4. The van der Waals surface area contributed by atoms with Crippen molar-refractivity contribution in [3.63, 3.8) is 0 Å². The Labute approximate surface area is 119 Å². The number of carbonyl (C=O) groups excluding carboxylic acids is 1. The molecule has 0 unspecified atom stereocenters. The van der Waals surface area contributed by atoms with Crippen molar-refractivity contribution in [3.8, 4) is 0 Å². The van der Waals surface area contributed by atoms with E-state index in [1.54, 1.807) is 6.92 Å². The monoisotopic (exact) mass is 275 g/mol. The maximum Gasteiger partial charge on any atom is 0.325 e. The van der Waals surface area contributed by atoms with Gasteiger partial charge in [-0.3, -0.25) is 9.20 Å². The first-order valence-electron chi connectivity index (χ1n) is 6.97. The normalized spacial score (nSPS) is 11.0. The van der Waals surface area contributed by atoms with Crippen LogP contribution in [0, 0.1) is 5.92 Å². The first-order valence-corrected chi connectivity index (χ1v) is 6.97. The number of anilines is 1. The molecule has 0 aliphatic rings. The lowest BCUT2D eigenvalue weighted by molar-refractivity contribution is -0.140. The van der Waals surface area contributed by atoms with Gasteiger partial charge in [0.15, 0.2) is 0 Å². The van der Waals surface area contributed by atoms with Crippen molar-refractivity contribution >= 4 is 17.4 Å². The number of imidazole rings is 1. The molecule has 0 amide bonds. The van der Waals surface area contributed by atoms with Gasteiger partial charge in [-0.1, -0.05) is 19.9 Å². The summed E-state index contributed by atoms with van der Waals surface area (Å²) in [5.41, 5.74) is 1.87. The highest BCUT2D eigenvalue weighted by Crippen LogP contribution is 2.20. The summed E-state index contributed by atoms with van der Waals surface area (Å²) in [7, 11) is 0. The molecule has 2 heterocycles. The van der Waals surface area contributed by atoms with Gasteiger partial charge in [-0.15, -0.1) is 0 Å². The van der Waals surface area contributed by atoms with Gasteiger partial charge in [0.2, 0.25) is 0 Å². The largest absolute Gasteiger partial charge is 0.465 e. The van der Waals surface area contributed by atoms with Crippen LogP contribution in [0.25, 0.3) is 5.65 Å². The highest BCUT2D eigenvalue weighted by molar-refractivity contribution is 5.75. The van der Waals surface area contributed by atoms with Crippen LogP contribution in [0.3, 0.4) is 0 Å². The molecule has 0 saturated carbocycles. The molecule has 0 atom stereocenters. The molecule has 2 aromatic rings. The topological polar surface area (TPSA) is 55.6 Å². The lowest BCUT2D eigenvalue weighted by atomic mass is 10.1. The summed E-state index contributed by atoms with van der Waals surface area (Å²) in [6.07, 6.45) is 2.81. The van der Waals surface area contributed by atoms with Crippen LogP contribution in [0.1, 0.15) is 26.5 Å². The Bertz CT molecular complexity index is 590. The second-order valence-corrected chi connectivity index (χ2v) is 5.09. The van der Waals surface area contributed by atoms with E-state index in [0.29, 0.717) is 12.5 Å². The van der Waals surface area contributed by atoms with Crippen molar-refractivity contribution in [1.82, 2.24) is 9.38 Å². The van der Waals surface area contributed by atoms with Gasteiger partial charge in [0.1, 0.15) is 18.0 Å². The summed E-state index contributed by atoms with van der Waals surface area (Å²) in [5.74, 6) is 1.12. The van der Waals surface area contributed by atoms with Crippen molar-refractivity contribution in [1.29, 1.82) is 0 Å². The van der Waals surface area contributed by atoms with Crippen LogP contribution in [-0.2, 0) is 16.0 Å². The van der Waals surface area contributed by atoms with E-state index < -0.39 is 0 Å². The van der Waals surface area contributed by atoms with Crippen LogP contribution in [0.2, 0.25) is 0 Å². The fourth-order valence-electron chi connectivity index (χ4n) is 2.13. The van der Waals surface area contributed by atoms with E-state index >= 15 is 0 Å². The molecule has 0 saturated heterocycles. The molecule has 0 aromatic carbocycles. The average Bonchev–Trinajstić information content (AvgIpc) is 2.73. The van der Waals surface area contributed by atoms with Gasteiger partial charge in [0.25, 0.3) is 0 Å². The molecule has 0 aliphatic carbocycles. The summed E-state index contributed by atoms with van der Waals surface area (Å²) in [6.45, 7) is 6.66. The number of pyridine rings is 1. The molecule has 0 bridgehead atoms. The second-order valence-electron chi connectivity index (χ2n) is 5.09. The zero-order chi connectivity index (χ0) is 14.5. The van der Waals surface area contributed by atoms with Crippen LogP contribution >= 0.6 is 0 Å². The van der Waals surface area contributed by atoms with Crippen LogP contribution in [-0.4, -0.2) is 28.5 Å². The molecule has 5 heteroatoms. The van der Waals surface area contributed by atoms with E-state index in [9.17, 15) is 4.79 Å². The van der Waals surface area contributed by atoms with E-state index in [1.165, 1.54) is 0 Å². The highest BCUT2D eigenvalue weighted by Gasteiger charge is 2.14. The minimum atomic E-state index is -0.256. The van der Waals surface area contributed by atoms with Crippen LogP contribution in [0.15, 0.2) is 24.4 Å². The number of rotatable bonds is 6. The Kier molecular flexibility index (Phi) is 4.61. The summed E-state index contributed by atoms with van der Waals surface area (Å²) in [4.78, 5) is 16.1. The van der Waals surface area contributed by atoms with E-state index in [2.05, 4.69) is 24.1 Å². The standard InChI is InChI=1S/C15H21N3O2/c1-4-20-14(19)10-16-15-12(9-11(2)3)17-13-7-5-6-8-18(13)15/h5-8,11,16H,4,9-10H2,1-3H3. The van der Waals surface area contributed by atoms with E-state index in [1.807, 2.05) is 28.8 Å². The summed E-state index contributed by atoms with van der Waals surface area (Å²) in [5, 5.41) is 3.15. The van der Waals surface area contributed by atoms with Gasteiger partial charge in [-0.2, -0.15) is 0 Å². The predicted molar refractivity (Wildman–Crippen MR) is 78.9 cm³/mol. The molecule has 20 heavy (non-hydrogen) atoms. The van der Waals surface area contributed by atoms with Crippen molar-refractivity contribution < 1.29 is 9.53 Å². The zero-order valence-corrected chi connectivity index (χ0v) is 12.2. The molecule has 0 aliphatic heterocycles. The number of aromatic nitrogens is 2. The molecule has 1 N–H and O–H groups in total. The number of hydrogen-bond acceptors (Lipinski definition) is 4. The lowest BCUT2D eigenvalue weighted by Gasteiger charge is -2.09. The van der Waals surface area contributed by atoms with E-state index in [4.69, 9.17) is 4.74 Å². The molecule has 2 rings (SSSR count). The fraction of sp³-hybridized carbons (Fsp3) is 0.467. The van der Waals surface area contributed by atoms with Gasteiger partial charge in [-0.25, -0.2) is 4.98 Å². The van der Waals surface area contributed by atoms with Gasteiger partial charge in [0.05, 0.1) is 12.3 Å². The van der Waals surface area contributed by atoms with E-state index in [-0.39, 0.29) is 12.5 Å². The van der Waals surface area contributed by atoms with Crippen molar-refractivity contribution in [2.75, 3.05) is 18.5 Å². The summed E-state index contributed by atoms with van der Waals surface area (Å²) in [6, 6.07) is 5.86. The Hall–Kier alpha value is -2.04. The Balaban J connectivity index is 2.25. The van der Waals surface area contributed by atoms with Gasteiger partial charge in [0, 0.05) is 6.20 Å². The first-order chi connectivity index (χ1) is 9.61. The Morgan fingerprint density at radius 3 is 2.95 bits per heavy atom. The molecular weight excluding hydrogens is 254 g/mol. The number of fused-ring (bicyclic) bond motifs is 1. The molecular formula is C15H21N3O2. The Morgan fingerprint density at radius 2 is 2.25 bits per heavy atom. The van der Waals surface area contributed by atoms with Crippen LogP contribution in [0.5, 0.6) is 0 Å². The Morgan fingerprint density at radius 1 is 1.45 bits per heavy atom. The summed E-state index contributed by atoms with van der Waals surface area (Å²) >= 11 is 0. The molecule has 0 spiro atoms. The molecule has 0 radical (unpaired) electrons. The second kappa shape index (κ2) is 6.41. The average molecular weight is 275 g/mol. The number of nitrogens with zero attached hydrogens (tertiary/aromatic N) is 2. The molecule has 0 fully saturated rings. The number of esters is 1. The molecule has 108 valence electrons. The van der Waals surface area contributed by atoms with Gasteiger partial charge >= 0.3 is 5.97 Å². The SMILES string of the molecule is CCOC(=O)CNc1c(CC(C)C)nc2ccccn12. The third-order valence-electron chi connectivity index (χ3n) is 2.91. The highest BCUT2D eigenvalue weighted by atomic mass is 16.5. The maximum absolute atomic E-state index is 11.5. The van der Waals surface area contributed by atoms with Crippen LogP contribution < -0.4 is 5.32 Å². The molecule has 5 nitrogen and oxygen atoms in total. The number of carbonyl (C=O) groups is 1. The lowest BCUT2D eigenvalue weighted by Crippen LogP contribution is -2.18. The number of nitrogens with one attached hydrogen (secondary N) is 1. The fourth-order valence-corrected chi connectivity index (χ4v) is 2.13. The third-order valence-corrected chi connectivity index (χ3v) is 2.91. The minimum absolute atomic E-state index is 0.154. The van der Waals surface area contributed by atoms with Gasteiger partial charge in [-0.05, 0) is 31.4 Å². The quantitative estimate of drug-likeness (QED) is 0.823. The predicted octanol–water partition coefficient (Wildman–Crippen LogP) is 2.51. The molecule has 2 aromatic heterocycles. The minimum Gasteiger partial charge on any atom is -0.465 e.